The molecule has 0 aliphatic heterocycles. The van der Waals surface area contributed by atoms with Gasteiger partial charge in [0.15, 0.2) is 0 Å². The fourth-order valence-electron chi connectivity index (χ4n) is 3.79. The zero-order valence-electron chi connectivity index (χ0n) is 15.0. The number of nitrogens with one attached hydrogen (secondary N) is 1. The molecule has 0 spiro atoms. The Morgan fingerprint density at radius 3 is 2.48 bits per heavy atom. The van der Waals surface area contributed by atoms with E-state index in [1.807, 2.05) is 54.7 Å². The van der Waals surface area contributed by atoms with Crippen LogP contribution in [0.3, 0.4) is 0 Å². The van der Waals surface area contributed by atoms with Crippen LogP contribution in [0.2, 0.25) is 0 Å². The summed E-state index contributed by atoms with van der Waals surface area (Å²) in [4.78, 5) is 3.28. The molecule has 1 aliphatic carbocycles. The fraction of sp³-hybridized carbons (Fsp3) is 0.364. The molecule has 2 atom stereocenters. The SMILES string of the molecule is CCCCCC1=CC(O)=C(c2ccccc2)C(O)C1(C)c1ccc[nH]1. The number of aliphatic hydroxyl groups excluding tert-OH is 2. The minimum absolute atomic E-state index is 0.175. The average molecular weight is 337 g/mol. The number of aromatic amines is 1. The maximum Gasteiger partial charge on any atom is 0.122 e. The van der Waals surface area contributed by atoms with Crippen molar-refractivity contribution in [2.75, 3.05) is 0 Å². The van der Waals surface area contributed by atoms with Crippen molar-refractivity contribution in [3.8, 4) is 0 Å². The van der Waals surface area contributed by atoms with Crippen LogP contribution in [0.1, 0.15) is 50.8 Å². The topological polar surface area (TPSA) is 56.2 Å². The summed E-state index contributed by atoms with van der Waals surface area (Å²) in [6.45, 7) is 4.25. The van der Waals surface area contributed by atoms with Gasteiger partial charge in [0.2, 0.25) is 0 Å². The van der Waals surface area contributed by atoms with E-state index in [1.165, 1.54) is 0 Å². The maximum atomic E-state index is 11.3. The molecule has 1 heterocycles. The summed E-state index contributed by atoms with van der Waals surface area (Å²) in [6.07, 6.45) is 7.15. The van der Waals surface area contributed by atoms with E-state index in [-0.39, 0.29) is 5.76 Å². The predicted molar refractivity (Wildman–Crippen MR) is 102 cm³/mol. The van der Waals surface area contributed by atoms with Crippen molar-refractivity contribution in [2.45, 2.75) is 51.0 Å². The number of benzene rings is 1. The van der Waals surface area contributed by atoms with Crippen LogP contribution >= 0.6 is 0 Å². The molecule has 1 aromatic carbocycles. The first-order valence-corrected chi connectivity index (χ1v) is 9.10. The van der Waals surface area contributed by atoms with E-state index >= 15 is 0 Å². The standard InChI is InChI=1S/C22H27NO2/c1-3-4-6-12-17-15-18(24)20(16-10-7-5-8-11-16)21(25)22(17,2)19-13-9-14-23-19/h5,7-11,13-15,21,23-25H,3-4,6,12H2,1-2H3. The Morgan fingerprint density at radius 1 is 1.08 bits per heavy atom. The second-order valence-electron chi connectivity index (χ2n) is 6.98. The van der Waals surface area contributed by atoms with Crippen LogP contribution in [0.4, 0.5) is 0 Å². The van der Waals surface area contributed by atoms with Crippen LogP contribution in [0, 0.1) is 0 Å². The molecule has 25 heavy (non-hydrogen) atoms. The van der Waals surface area contributed by atoms with E-state index in [0.717, 1.165) is 42.5 Å². The molecule has 2 aromatic rings. The minimum atomic E-state index is -0.810. The molecule has 3 nitrogen and oxygen atoms in total. The smallest absolute Gasteiger partial charge is 0.122 e. The second kappa shape index (κ2) is 7.32. The molecule has 1 aliphatic rings. The number of hydrogen-bond donors (Lipinski definition) is 3. The van der Waals surface area contributed by atoms with Gasteiger partial charge in [-0.15, -0.1) is 0 Å². The molecule has 0 saturated heterocycles. The molecule has 0 radical (unpaired) electrons. The van der Waals surface area contributed by atoms with Gasteiger partial charge in [-0.05, 0) is 43.5 Å². The van der Waals surface area contributed by atoms with Crippen LogP contribution in [-0.2, 0) is 5.41 Å². The summed E-state index contributed by atoms with van der Waals surface area (Å²) in [5.74, 6) is 0.175. The zero-order chi connectivity index (χ0) is 17.9. The highest BCUT2D eigenvalue weighted by Gasteiger charge is 2.44. The lowest BCUT2D eigenvalue weighted by Gasteiger charge is -2.41. The van der Waals surface area contributed by atoms with E-state index in [2.05, 4.69) is 18.8 Å². The van der Waals surface area contributed by atoms with Crippen molar-refractivity contribution in [2.24, 2.45) is 0 Å². The Labute approximate surface area is 149 Å². The van der Waals surface area contributed by atoms with Crippen LogP contribution in [0.25, 0.3) is 5.57 Å². The van der Waals surface area contributed by atoms with Crippen molar-refractivity contribution in [3.63, 3.8) is 0 Å². The van der Waals surface area contributed by atoms with Crippen molar-refractivity contribution >= 4 is 5.57 Å². The number of H-pyrrole nitrogens is 1. The Morgan fingerprint density at radius 2 is 1.84 bits per heavy atom. The lowest BCUT2D eigenvalue weighted by molar-refractivity contribution is 0.151. The molecular weight excluding hydrogens is 310 g/mol. The first kappa shape index (κ1) is 17.6. The number of unbranched alkanes of at least 4 members (excludes halogenated alkanes) is 2. The van der Waals surface area contributed by atoms with Gasteiger partial charge >= 0.3 is 0 Å². The summed E-state index contributed by atoms with van der Waals surface area (Å²) in [5.41, 5.74) is 2.93. The second-order valence-corrected chi connectivity index (χ2v) is 6.98. The van der Waals surface area contributed by atoms with E-state index in [4.69, 9.17) is 0 Å². The quantitative estimate of drug-likeness (QED) is 0.641. The van der Waals surface area contributed by atoms with E-state index in [0.29, 0.717) is 5.57 Å². The highest BCUT2D eigenvalue weighted by molar-refractivity contribution is 5.77. The first-order chi connectivity index (χ1) is 12.1. The number of aliphatic hydroxyl groups is 2. The number of hydrogen-bond acceptors (Lipinski definition) is 2. The van der Waals surface area contributed by atoms with Gasteiger partial charge in [0.05, 0.1) is 11.5 Å². The largest absolute Gasteiger partial charge is 0.508 e. The van der Waals surface area contributed by atoms with Gasteiger partial charge < -0.3 is 15.2 Å². The van der Waals surface area contributed by atoms with Crippen LogP contribution < -0.4 is 0 Å². The summed E-state index contributed by atoms with van der Waals surface area (Å²) in [6, 6.07) is 13.6. The summed E-state index contributed by atoms with van der Waals surface area (Å²) in [5, 5.41) is 22.0. The molecule has 0 saturated carbocycles. The lowest BCUT2D eigenvalue weighted by Crippen LogP contribution is -2.42. The van der Waals surface area contributed by atoms with Crippen molar-refractivity contribution in [3.05, 3.63) is 77.3 Å². The third-order valence-electron chi connectivity index (χ3n) is 5.37. The first-order valence-electron chi connectivity index (χ1n) is 9.10. The molecule has 0 fully saturated rings. The Bertz CT molecular complexity index is 759. The molecule has 0 amide bonds. The number of aromatic nitrogens is 1. The molecule has 3 rings (SSSR count). The van der Waals surface area contributed by atoms with Crippen molar-refractivity contribution in [1.29, 1.82) is 0 Å². The van der Waals surface area contributed by atoms with Crippen LogP contribution in [0.5, 0.6) is 0 Å². The van der Waals surface area contributed by atoms with Crippen molar-refractivity contribution in [1.82, 2.24) is 4.98 Å². The molecule has 3 heteroatoms. The molecule has 1 aromatic heterocycles. The fourth-order valence-corrected chi connectivity index (χ4v) is 3.79. The third-order valence-corrected chi connectivity index (χ3v) is 5.37. The Kier molecular flexibility index (Phi) is 5.14. The van der Waals surface area contributed by atoms with Gasteiger partial charge in [-0.3, -0.25) is 0 Å². The normalized spacial score (nSPS) is 23.6. The zero-order valence-corrected chi connectivity index (χ0v) is 15.0. The number of allylic oxidation sites excluding steroid dienone is 1. The van der Waals surface area contributed by atoms with E-state index in [1.54, 1.807) is 0 Å². The van der Waals surface area contributed by atoms with E-state index < -0.39 is 11.5 Å². The van der Waals surface area contributed by atoms with Gasteiger partial charge in [-0.2, -0.15) is 0 Å². The number of rotatable bonds is 6. The Balaban J connectivity index is 2.09. The van der Waals surface area contributed by atoms with Crippen LogP contribution in [0.15, 0.2) is 66.1 Å². The third kappa shape index (κ3) is 3.16. The molecule has 0 bridgehead atoms. The molecule has 132 valence electrons. The minimum Gasteiger partial charge on any atom is -0.508 e. The van der Waals surface area contributed by atoms with Gasteiger partial charge in [0.25, 0.3) is 0 Å². The average Bonchev–Trinajstić information content (AvgIpc) is 3.15. The molecule has 2 unspecified atom stereocenters. The monoisotopic (exact) mass is 337 g/mol. The van der Waals surface area contributed by atoms with Crippen molar-refractivity contribution < 1.29 is 10.2 Å². The Hall–Kier alpha value is -2.26. The van der Waals surface area contributed by atoms with Gasteiger partial charge in [-0.25, -0.2) is 0 Å². The highest BCUT2D eigenvalue weighted by atomic mass is 16.3. The summed E-state index contributed by atoms with van der Waals surface area (Å²) < 4.78 is 0. The predicted octanol–water partition coefficient (Wildman–Crippen LogP) is 5.12. The highest BCUT2D eigenvalue weighted by Crippen LogP contribution is 2.46. The molecular formula is C22H27NO2. The van der Waals surface area contributed by atoms with Gasteiger partial charge in [0.1, 0.15) is 5.76 Å². The van der Waals surface area contributed by atoms with Crippen LogP contribution in [-0.4, -0.2) is 21.3 Å². The summed E-state index contributed by atoms with van der Waals surface area (Å²) in [7, 11) is 0. The van der Waals surface area contributed by atoms with Gasteiger partial charge in [0, 0.05) is 17.5 Å². The summed E-state index contributed by atoms with van der Waals surface area (Å²) >= 11 is 0. The van der Waals surface area contributed by atoms with Gasteiger partial charge in [-0.1, -0.05) is 55.7 Å². The lowest BCUT2D eigenvalue weighted by atomic mass is 9.66. The van der Waals surface area contributed by atoms with E-state index in [9.17, 15) is 10.2 Å². The maximum absolute atomic E-state index is 11.3. The molecule has 3 N–H and O–H groups in total.